The summed E-state index contributed by atoms with van der Waals surface area (Å²) in [5.41, 5.74) is 2.59. The number of carbonyl (C=O) groups excluding carboxylic acids is 1. The Kier molecular flexibility index (Phi) is 10.7. The fourth-order valence-corrected chi connectivity index (χ4v) is 9.23. The number of halogens is 1. The van der Waals surface area contributed by atoms with Crippen molar-refractivity contribution in [1.82, 2.24) is 9.62 Å². The van der Waals surface area contributed by atoms with Gasteiger partial charge in [-0.2, -0.15) is 0 Å². The molecule has 2 aromatic carbocycles. The van der Waals surface area contributed by atoms with E-state index in [0.717, 1.165) is 42.8 Å². The number of ether oxygens (including phenoxy) is 1. The van der Waals surface area contributed by atoms with Crippen molar-refractivity contribution in [2.75, 3.05) is 38.7 Å². The van der Waals surface area contributed by atoms with E-state index in [2.05, 4.69) is 33.6 Å². The minimum atomic E-state index is -3.96. The Balaban J connectivity index is 1.56. The summed E-state index contributed by atoms with van der Waals surface area (Å²) in [6.45, 7) is 9.56. The molecule has 0 aromatic heterocycles. The molecule has 1 aliphatic carbocycles. The van der Waals surface area contributed by atoms with Crippen LogP contribution in [0.2, 0.25) is 5.02 Å². The van der Waals surface area contributed by atoms with Gasteiger partial charge in [-0.15, -0.1) is 0 Å². The largest absolute Gasteiger partial charge is 0.491 e. The van der Waals surface area contributed by atoms with E-state index in [9.17, 15) is 18.3 Å². The van der Waals surface area contributed by atoms with E-state index >= 15 is 0 Å². The first-order valence-corrected chi connectivity index (χ1v) is 18.9. The van der Waals surface area contributed by atoms with Gasteiger partial charge in [0.15, 0.2) is 0 Å². The molecule has 1 saturated carbocycles. The fourth-order valence-electron chi connectivity index (χ4n) is 7.75. The van der Waals surface area contributed by atoms with Gasteiger partial charge in [-0.05, 0) is 126 Å². The molecule has 0 unspecified atom stereocenters. The maximum absolute atomic E-state index is 13.5. The molecule has 46 heavy (non-hydrogen) atoms. The number of benzene rings is 2. The van der Waals surface area contributed by atoms with Crippen molar-refractivity contribution in [3.8, 4) is 5.75 Å². The molecule has 1 amide bonds. The van der Waals surface area contributed by atoms with Crippen molar-refractivity contribution in [3.63, 3.8) is 0 Å². The molecule has 1 fully saturated rings. The molecule has 2 bridgehead atoms. The van der Waals surface area contributed by atoms with E-state index < -0.39 is 26.8 Å². The van der Waals surface area contributed by atoms with Gasteiger partial charge >= 0.3 is 0 Å². The van der Waals surface area contributed by atoms with E-state index in [1.165, 1.54) is 11.1 Å². The van der Waals surface area contributed by atoms with Crippen LogP contribution in [0.5, 0.6) is 5.75 Å². The molecule has 254 valence electrons. The predicted molar refractivity (Wildman–Crippen MR) is 186 cm³/mol. The van der Waals surface area contributed by atoms with Crippen LogP contribution in [0.15, 0.2) is 36.4 Å². The van der Waals surface area contributed by atoms with Crippen molar-refractivity contribution in [1.29, 1.82) is 0 Å². The Hall–Kier alpha value is -2.33. The number of amides is 1. The third-order valence-corrected chi connectivity index (χ3v) is 13.2. The van der Waals surface area contributed by atoms with Gasteiger partial charge < -0.3 is 19.6 Å². The summed E-state index contributed by atoms with van der Waals surface area (Å²) < 4.78 is 35.8. The van der Waals surface area contributed by atoms with Gasteiger partial charge in [-0.1, -0.05) is 37.9 Å². The van der Waals surface area contributed by atoms with Gasteiger partial charge in [-0.25, -0.2) is 13.1 Å². The Morgan fingerprint density at radius 2 is 1.89 bits per heavy atom. The Bertz CT molecular complexity index is 1510. The van der Waals surface area contributed by atoms with Crippen molar-refractivity contribution < 1.29 is 23.1 Å². The van der Waals surface area contributed by atoms with Crippen LogP contribution in [0, 0.1) is 17.8 Å². The van der Waals surface area contributed by atoms with E-state index in [4.69, 9.17) is 16.3 Å². The average Bonchev–Trinajstić information content (AvgIpc) is 3.15. The first-order chi connectivity index (χ1) is 21.7. The number of aliphatic hydroxyl groups is 1. The highest BCUT2D eigenvalue weighted by molar-refractivity contribution is 7.90. The van der Waals surface area contributed by atoms with Crippen molar-refractivity contribution in [2.24, 2.45) is 17.8 Å². The summed E-state index contributed by atoms with van der Waals surface area (Å²) in [6.07, 6.45) is 6.17. The van der Waals surface area contributed by atoms with Crippen LogP contribution >= 0.6 is 11.6 Å². The highest BCUT2D eigenvalue weighted by Gasteiger charge is 2.46. The molecule has 0 radical (unpaired) electrons. The van der Waals surface area contributed by atoms with Gasteiger partial charge in [0.25, 0.3) is 5.91 Å². The highest BCUT2D eigenvalue weighted by atomic mass is 35.5. The molecule has 10 heteroatoms. The summed E-state index contributed by atoms with van der Waals surface area (Å²) in [7, 11) is 0.0150. The number of unbranched alkanes of at least 4 members (excludes halogenated alkanes) is 1. The second kappa shape index (κ2) is 14.0. The molecular formula is C36H52ClN3O5S. The lowest BCUT2D eigenvalue weighted by atomic mass is 9.63. The van der Waals surface area contributed by atoms with Crippen LogP contribution in [-0.4, -0.2) is 75.0 Å². The molecule has 2 N–H and O–H groups in total. The number of carbonyl (C=O) groups is 1. The maximum Gasteiger partial charge on any atom is 0.264 e. The minimum absolute atomic E-state index is 0.0192. The number of anilines is 1. The second-order valence-electron chi connectivity index (χ2n) is 14.6. The molecular weight excluding hydrogens is 622 g/mol. The number of nitrogens with one attached hydrogen (secondary N) is 1. The summed E-state index contributed by atoms with van der Waals surface area (Å²) in [5.74, 6) is 0.219. The first-order valence-electron chi connectivity index (χ1n) is 16.9. The van der Waals surface area contributed by atoms with Gasteiger partial charge in [0, 0.05) is 35.6 Å². The number of nitrogens with zero attached hydrogens (tertiary/aromatic N) is 2. The Labute approximate surface area is 280 Å². The van der Waals surface area contributed by atoms with Crippen LogP contribution in [-0.2, 0) is 16.4 Å². The van der Waals surface area contributed by atoms with Crippen LogP contribution in [0.25, 0.3) is 0 Å². The number of hydrogen-bond acceptors (Lipinski definition) is 7. The summed E-state index contributed by atoms with van der Waals surface area (Å²) >= 11 is 6.45. The van der Waals surface area contributed by atoms with Crippen LogP contribution in [0.4, 0.5) is 5.69 Å². The second-order valence-corrected chi connectivity index (χ2v) is 17.0. The van der Waals surface area contributed by atoms with Gasteiger partial charge in [0.2, 0.25) is 10.0 Å². The lowest BCUT2D eigenvalue weighted by Gasteiger charge is -2.49. The quantitative estimate of drug-likeness (QED) is 0.387. The normalized spacial score (nSPS) is 31.7. The average molecular weight is 674 g/mol. The molecule has 7 atom stereocenters. The molecule has 3 aliphatic rings. The third kappa shape index (κ3) is 7.53. The number of rotatable bonds is 5. The minimum Gasteiger partial charge on any atom is -0.491 e. The van der Waals surface area contributed by atoms with Crippen LogP contribution in [0.3, 0.4) is 0 Å². The zero-order valence-corrected chi connectivity index (χ0v) is 29.8. The number of aryl methyl sites for hydroxylation is 1. The van der Waals surface area contributed by atoms with Crippen LogP contribution in [0.1, 0.15) is 93.6 Å². The smallest absolute Gasteiger partial charge is 0.264 e. The van der Waals surface area contributed by atoms with Gasteiger partial charge in [-0.3, -0.25) is 4.79 Å². The van der Waals surface area contributed by atoms with Crippen molar-refractivity contribution >= 4 is 33.2 Å². The van der Waals surface area contributed by atoms with E-state index in [-0.39, 0.29) is 35.3 Å². The first kappa shape index (κ1) is 35.0. The zero-order chi connectivity index (χ0) is 33.4. The number of fused-ring (bicyclic) bond motifs is 2. The summed E-state index contributed by atoms with van der Waals surface area (Å²) in [4.78, 5) is 17.9. The molecule has 2 heterocycles. The fraction of sp³-hybridized carbons (Fsp3) is 0.639. The molecule has 0 spiro atoms. The standard InChI is InChI=1S/C36H52ClN3O5S/c1-7-8-9-25-17-29(37)12-13-31(25)28-21-40-20-27-10-14-32(27)36(4,42)19-30(39(5)6)16-23(2)24(3)46(43,44)38-35(41)26-11-15-34(45-22-28)33(40)18-26/h11-13,15,17-18,23-24,27-28,30,32,42H,7-10,14,16,19-22H2,1-6H3,(H,38,41)/t23-,24+,27-,28-,30-,32+,36-/m0/s1. The van der Waals surface area contributed by atoms with E-state index in [1.807, 2.05) is 34.0 Å². The van der Waals surface area contributed by atoms with Crippen molar-refractivity contribution in [3.05, 3.63) is 58.1 Å². The van der Waals surface area contributed by atoms with E-state index in [1.54, 1.807) is 25.1 Å². The van der Waals surface area contributed by atoms with Crippen molar-refractivity contribution in [2.45, 2.75) is 95.5 Å². The predicted octanol–water partition coefficient (Wildman–Crippen LogP) is 6.25. The summed E-state index contributed by atoms with van der Waals surface area (Å²) in [6, 6.07) is 11.3. The zero-order valence-electron chi connectivity index (χ0n) is 28.3. The number of sulfonamides is 1. The number of hydrogen-bond donors (Lipinski definition) is 2. The Morgan fingerprint density at radius 1 is 1.13 bits per heavy atom. The lowest BCUT2D eigenvalue weighted by Crippen LogP contribution is -2.52. The third-order valence-electron chi connectivity index (χ3n) is 11.0. The maximum atomic E-state index is 13.5. The monoisotopic (exact) mass is 673 g/mol. The highest BCUT2D eigenvalue weighted by Crippen LogP contribution is 2.47. The van der Waals surface area contributed by atoms with Crippen LogP contribution < -0.4 is 14.4 Å². The molecule has 0 saturated heterocycles. The van der Waals surface area contributed by atoms with Gasteiger partial charge in [0.05, 0.1) is 23.1 Å². The lowest BCUT2D eigenvalue weighted by molar-refractivity contribution is -0.0856. The molecule has 2 aliphatic heterocycles. The van der Waals surface area contributed by atoms with E-state index in [0.29, 0.717) is 38.3 Å². The SMILES string of the molecule is CCCCc1cc(Cl)ccc1[C@@H]1COc2ccc3cc2N(C1)C[C@@H]1CC[C@H]1[C@@](C)(O)C[C@@H](N(C)C)C[C@H](C)[C@@H](C)S(=O)(=O)NC3=O. The molecule has 8 nitrogen and oxygen atoms in total. The Morgan fingerprint density at radius 3 is 2.57 bits per heavy atom. The van der Waals surface area contributed by atoms with Gasteiger partial charge in [0.1, 0.15) is 5.75 Å². The topological polar surface area (TPSA) is 99.2 Å². The molecule has 2 aromatic rings. The summed E-state index contributed by atoms with van der Waals surface area (Å²) in [5, 5.41) is 12.0. The molecule has 5 rings (SSSR count).